The lowest BCUT2D eigenvalue weighted by Crippen LogP contribution is -2.20. The van der Waals surface area contributed by atoms with Gasteiger partial charge in [-0.05, 0) is 37.3 Å². The predicted octanol–water partition coefficient (Wildman–Crippen LogP) is 3.04. The van der Waals surface area contributed by atoms with Crippen molar-refractivity contribution in [3.63, 3.8) is 0 Å². The number of hydrogen-bond donors (Lipinski definition) is 1. The van der Waals surface area contributed by atoms with Crippen molar-refractivity contribution in [1.82, 2.24) is 9.55 Å². The summed E-state index contributed by atoms with van der Waals surface area (Å²) in [7, 11) is 0. The zero-order valence-corrected chi connectivity index (χ0v) is 10.8. The Hall–Kier alpha value is -1.77. The highest BCUT2D eigenvalue weighted by Crippen LogP contribution is 2.30. The molecule has 1 aliphatic rings. The summed E-state index contributed by atoms with van der Waals surface area (Å²) < 4.78 is 2.29. The third kappa shape index (κ3) is 2.01. The quantitative estimate of drug-likeness (QED) is 0.895. The number of rotatable bonds is 3. The molecule has 0 saturated heterocycles. The lowest BCUT2D eigenvalue weighted by atomic mass is 9.88. The van der Waals surface area contributed by atoms with Gasteiger partial charge in [0, 0.05) is 25.0 Å². The summed E-state index contributed by atoms with van der Waals surface area (Å²) in [5, 5.41) is 3.33. The van der Waals surface area contributed by atoms with E-state index in [-0.39, 0.29) is 0 Å². The minimum atomic E-state index is 0.538. The molecule has 1 heterocycles. The Morgan fingerprint density at radius 2 is 2.17 bits per heavy atom. The van der Waals surface area contributed by atoms with E-state index in [1.165, 1.54) is 24.0 Å². The molecule has 0 spiro atoms. The minimum absolute atomic E-state index is 0.538. The fourth-order valence-corrected chi connectivity index (χ4v) is 2.82. The lowest BCUT2D eigenvalue weighted by molar-refractivity contribution is 0.446. The van der Waals surface area contributed by atoms with Gasteiger partial charge in [-0.15, -0.1) is 0 Å². The van der Waals surface area contributed by atoms with Gasteiger partial charge in [0.25, 0.3) is 0 Å². The predicted molar refractivity (Wildman–Crippen MR) is 73.9 cm³/mol. The molecule has 94 valence electrons. The van der Waals surface area contributed by atoms with E-state index in [0.717, 1.165) is 18.9 Å². The Morgan fingerprint density at radius 1 is 1.33 bits per heavy atom. The molecule has 0 radical (unpaired) electrons. The average Bonchev–Trinajstić information content (AvgIpc) is 2.87. The normalized spacial score (nSPS) is 18.4. The van der Waals surface area contributed by atoms with Crippen LogP contribution in [0.25, 0.3) is 0 Å². The van der Waals surface area contributed by atoms with E-state index in [9.17, 15) is 0 Å². The molecule has 2 aromatic rings. The van der Waals surface area contributed by atoms with Crippen LogP contribution in [-0.4, -0.2) is 16.1 Å². The Bertz CT molecular complexity index is 530. The first-order valence-electron chi connectivity index (χ1n) is 6.72. The van der Waals surface area contributed by atoms with Gasteiger partial charge in [0.1, 0.15) is 0 Å². The Morgan fingerprint density at radius 3 is 3.00 bits per heavy atom. The molecule has 0 bridgehead atoms. The minimum Gasteiger partial charge on any atom is -0.356 e. The van der Waals surface area contributed by atoms with Crippen LogP contribution in [0.5, 0.6) is 0 Å². The maximum Gasteiger partial charge on any atom is 0.203 e. The van der Waals surface area contributed by atoms with Crippen molar-refractivity contribution < 1.29 is 0 Å². The van der Waals surface area contributed by atoms with Gasteiger partial charge < -0.3 is 9.88 Å². The van der Waals surface area contributed by atoms with Crippen molar-refractivity contribution in [3.05, 3.63) is 47.8 Å². The molecular formula is C15H19N3. The number of fused-ring (bicyclic) bond motifs is 1. The van der Waals surface area contributed by atoms with Crippen LogP contribution >= 0.6 is 0 Å². The summed E-state index contributed by atoms with van der Waals surface area (Å²) >= 11 is 0. The number of aromatic nitrogens is 2. The summed E-state index contributed by atoms with van der Waals surface area (Å²) in [6.07, 6.45) is 7.47. The van der Waals surface area contributed by atoms with Crippen molar-refractivity contribution in [1.29, 1.82) is 0 Å². The average molecular weight is 241 g/mol. The van der Waals surface area contributed by atoms with Gasteiger partial charge in [-0.1, -0.05) is 24.3 Å². The maximum atomic E-state index is 4.39. The van der Waals surface area contributed by atoms with Gasteiger partial charge in [-0.25, -0.2) is 4.98 Å². The van der Waals surface area contributed by atoms with Gasteiger partial charge >= 0.3 is 0 Å². The molecule has 3 nitrogen and oxygen atoms in total. The first-order valence-corrected chi connectivity index (χ1v) is 6.72. The number of nitrogens with zero attached hydrogens (tertiary/aromatic N) is 2. The molecule has 0 fully saturated rings. The van der Waals surface area contributed by atoms with Gasteiger partial charge in [0.15, 0.2) is 0 Å². The van der Waals surface area contributed by atoms with E-state index in [1.807, 2.05) is 6.20 Å². The molecule has 1 aliphatic carbocycles. The van der Waals surface area contributed by atoms with Crippen molar-refractivity contribution >= 4 is 5.95 Å². The van der Waals surface area contributed by atoms with E-state index < -0.39 is 0 Å². The van der Waals surface area contributed by atoms with Crippen molar-refractivity contribution in [2.75, 3.05) is 11.9 Å². The highest BCUT2D eigenvalue weighted by Gasteiger charge is 2.21. The molecule has 1 aromatic carbocycles. The van der Waals surface area contributed by atoms with Crippen LogP contribution in [0.15, 0.2) is 36.7 Å². The molecular weight excluding hydrogens is 222 g/mol. The fraction of sp³-hybridized carbons (Fsp3) is 0.400. The number of aryl methyl sites for hydroxylation is 1. The smallest absolute Gasteiger partial charge is 0.203 e. The number of anilines is 1. The number of hydrogen-bond acceptors (Lipinski definition) is 2. The summed E-state index contributed by atoms with van der Waals surface area (Å²) in [6.45, 7) is 3.02. The monoisotopic (exact) mass is 241 g/mol. The third-order valence-corrected chi connectivity index (χ3v) is 3.72. The second-order valence-electron chi connectivity index (χ2n) is 4.85. The SMILES string of the molecule is CCNc1nccn1C1CCc2ccccc2C1. The highest BCUT2D eigenvalue weighted by atomic mass is 15.2. The Labute approximate surface area is 108 Å². The third-order valence-electron chi connectivity index (χ3n) is 3.72. The first-order chi connectivity index (χ1) is 8.88. The summed E-state index contributed by atoms with van der Waals surface area (Å²) in [4.78, 5) is 4.39. The van der Waals surface area contributed by atoms with E-state index in [0.29, 0.717) is 6.04 Å². The first kappa shape index (κ1) is 11.3. The largest absolute Gasteiger partial charge is 0.356 e. The molecule has 3 heteroatoms. The van der Waals surface area contributed by atoms with Crippen molar-refractivity contribution in [2.45, 2.75) is 32.2 Å². The van der Waals surface area contributed by atoms with Crippen molar-refractivity contribution in [2.24, 2.45) is 0 Å². The Balaban J connectivity index is 1.85. The number of imidazole rings is 1. The van der Waals surface area contributed by atoms with Gasteiger partial charge in [0.05, 0.1) is 0 Å². The van der Waals surface area contributed by atoms with Gasteiger partial charge in [0.2, 0.25) is 5.95 Å². The van der Waals surface area contributed by atoms with Crippen LogP contribution in [-0.2, 0) is 12.8 Å². The standard InChI is InChI=1S/C15H19N3/c1-2-16-15-17-9-10-18(15)14-8-7-12-5-3-4-6-13(12)11-14/h3-6,9-10,14H,2,7-8,11H2,1H3,(H,16,17). The van der Waals surface area contributed by atoms with Gasteiger partial charge in [-0.2, -0.15) is 0 Å². The molecule has 0 saturated carbocycles. The fourth-order valence-electron chi connectivity index (χ4n) is 2.82. The molecule has 1 atom stereocenters. The van der Waals surface area contributed by atoms with Crippen LogP contribution in [0.3, 0.4) is 0 Å². The molecule has 1 N–H and O–H groups in total. The zero-order chi connectivity index (χ0) is 12.4. The van der Waals surface area contributed by atoms with Crippen LogP contribution in [0.4, 0.5) is 5.95 Å². The molecule has 1 unspecified atom stereocenters. The molecule has 18 heavy (non-hydrogen) atoms. The highest BCUT2D eigenvalue weighted by molar-refractivity contribution is 5.32. The van der Waals surface area contributed by atoms with Crippen molar-refractivity contribution in [3.8, 4) is 0 Å². The van der Waals surface area contributed by atoms with Crippen LogP contribution in [0.1, 0.15) is 30.5 Å². The maximum absolute atomic E-state index is 4.39. The lowest BCUT2D eigenvalue weighted by Gasteiger charge is -2.27. The molecule has 0 amide bonds. The molecule has 0 aliphatic heterocycles. The molecule has 3 rings (SSSR count). The van der Waals surface area contributed by atoms with E-state index in [1.54, 1.807) is 0 Å². The van der Waals surface area contributed by atoms with Crippen LogP contribution in [0, 0.1) is 0 Å². The molecule has 1 aromatic heterocycles. The summed E-state index contributed by atoms with van der Waals surface area (Å²) in [5.74, 6) is 1.00. The second kappa shape index (κ2) is 4.84. The van der Waals surface area contributed by atoms with E-state index >= 15 is 0 Å². The number of nitrogens with one attached hydrogen (secondary N) is 1. The second-order valence-corrected chi connectivity index (χ2v) is 4.85. The van der Waals surface area contributed by atoms with E-state index in [2.05, 4.69) is 52.3 Å². The summed E-state index contributed by atoms with van der Waals surface area (Å²) in [5.41, 5.74) is 3.00. The van der Waals surface area contributed by atoms with Crippen LogP contribution < -0.4 is 5.32 Å². The number of benzene rings is 1. The Kier molecular flexibility index (Phi) is 3.05. The summed E-state index contributed by atoms with van der Waals surface area (Å²) in [6, 6.07) is 9.33. The van der Waals surface area contributed by atoms with E-state index in [4.69, 9.17) is 0 Å². The topological polar surface area (TPSA) is 29.9 Å². The zero-order valence-electron chi connectivity index (χ0n) is 10.8. The van der Waals surface area contributed by atoms with Gasteiger partial charge in [-0.3, -0.25) is 0 Å². The van der Waals surface area contributed by atoms with Crippen LogP contribution in [0.2, 0.25) is 0 Å².